The Bertz CT molecular complexity index is 491. The molecule has 0 radical (unpaired) electrons. The fourth-order valence-electron chi connectivity index (χ4n) is 1.74. The van der Waals surface area contributed by atoms with Gasteiger partial charge < -0.3 is 19.5 Å². The van der Waals surface area contributed by atoms with Gasteiger partial charge in [-0.3, -0.25) is 4.79 Å². The summed E-state index contributed by atoms with van der Waals surface area (Å²) in [5, 5.41) is 8.84. The lowest BCUT2D eigenvalue weighted by Crippen LogP contribution is -2.40. The number of hydrogen-bond donors (Lipinski definition) is 1. The maximum absolute atomic E-state index is 12.5. The van der Waals surface area contributed by atoms with Crippen LogP contribution in [0.15, 0.2) is 18.2 Å². The van der Waals surface area contributed by atoms with Crippen LogP contribution in [0.3, 0.4) is 0 Å². The minimum Gasteiger partial charge on any atom is -0.497 e. The van der Waals surface area contributed by atoms with Crippen LogP contribution >= 0.6 is 0 Å². The zero-order chi connectivity index (χ0) is 16.0. The first-order valence-electron chi connectivity index (χ1n) is 6.01. The van der Waals surface area contributed by atoms with Crippen LogP contribution < -0.4 is 9.47 Å². The van der Waals surface area contributed by atoms with Crippen LogP contribution in [0.25, 0.3) is 0 Å². The van der Waals surface area contributed by atoms with Gasteiger partial charge >= 0.3 is 6.18 Å². The summed E-state index contributed by atoms with van der Waals surface area (Å²) in [6.07, 6.45) is -4.56. The van der Waals surface area contributed by atoms with Gasteiger partial charge in [0.15, 0.2) is 0 Å². The quantitative estimate of drug-likeness (QED) is 0.869. The Hall–Kier alpha value is -1.96. The van der Waals surface area contributed by atoms with Crippen molar-refractivity contribution in [3.05, 3.63) is 23.8 Å². The van der Waals surface area contributed by atoms with Crippen LogP contribution in [-0.2, 0) is 0 Å². The molecular weight excluding hydrogens is 291 g/mol. The van der Waals surface area contributed by atoms with Crippen molar-refractivity contribution in [3.8, 4) is 11.5 Å². The Morgan fingerprint density at radius 3 is 2.43 bits per heavy atom. The molecule has 0 heterocycles. The summed E-state index contributed by atoms with van der Waals surface area (Å²) in [6.45, 7) is -2.46. The van der Waals surface area contributed by atoms with Crippen molar-refractivity contribution in [2.75, 3.05) is 33.9 Å². The maximum atomic E-state index is 12.5. The number of carbonyl (C=O) groups excluding carboxylic acids is 1. The first-order valence-corrected chi connectivity index (χ1v) is 6.01. The van der Waals surface area contributed by atoms with Gasteiger partial charge in [0, 0.05) is 6.54 Å². The van der Waals surface area contributed by atoms with Gasteiger partial charge in [-0.2, -0.15) is 13.2 Å². The third-order valence-electron chi connectivity index (χ3n) is 2.66. The molecule has 0 saturated heterocycles. The Morgan fingerprint density at radius 1 is 1.29 bits per heavy atom. The van der Waals surface area contributed by atoms with E-state index in [0.29, 0.717) is 10.6 Å². The average molecular weight is 307 g/mol. The zero-order valence-corrected chi connectivity index (χ0v) is 11.6. The van der Waals surface area contributed by atoms with E-state index in [1.54, 1.807) is 0 Å². The number of halogens is 3. The number of methoxy groups -OCH3 is 2. The van der Waals surface area contributed by atoms with E-state index in [1.807, 2.05) is 0 Å². The number of amides is 1. The van der Waals surface area contributed by atoms with E-state index in [9.17, 15) is 18.0 Å². The van der Waals surface area contributed by atoms with Crippen molar-refractivity contribution in [2.24, 2.45) is 0 Å². The first kappa shape index (κ1) is 17.1. The predicted octanol–water partition coefficient (Wildman–Crippen LogP) is 1.70. The molecule has 0 aliphatic heterocycles. The van der Waals surface area contributed by atoms with Gasteiger partial charge in [0.1, 0.15) is 18.0 Å². The van der Waals surface area contributed by atoms with E-state index in [0.717, 1.165) is 0 Å². The molecule has 0 aromatic heterocycles. The van der Waals surface area contributed by atoms with E-state index in [4.69, 9.17) is 14.6 Å². The molecule has 21 heavy (non-hydrogen) atoms. The van der Waals surface area contributed by atoms with Gasteiger partial charge in [-0.15, -0.1) is 0 Å². The van der Waals surface area contributed by atoms with E-state index in [1.165, 1.54) is 32.4 Å². The number of alkyl halides is 3. The molecule has 0 aliphatic rings. The molecule has 1 aromatic rings. The topological polar surface area (TPSA) is 59.0 Å². The highest BCUT2D eigenvalue weighted by atomic mass is 19.4. The van der Waals surface area contributed by atoms with Gasteiger partial charge in [-0.1, -0.05) is 0 Å². The molecule has 1 amide bonds. The highest BCUT2D eigenvalue weighted by Gasteiger charge is 2.34. The van der Waals surface area contributed by atoms with Crippen molar-refractivity contribution in [3.63, 3.8) is 0 Å². The molecule has 0 spiro atoms. The largest absolute Gasteiger partial charge is 0.497 e. The summed E-state index contributed by atoms with van der Waals surface area (Å²) in [5.41, 5.74) is -0.0606. The van der Waals surface area contributed by atoms with Crippen LogP contribution in [0.4, 0.5) is 13.2 Å². The zero-order valence-electron chi connectivity index (χ0n) is 11.6. The molecule has 8 heteroatoms. The Balaban J connectivity index is 3.12. The van der Waals surface area contributed by atoms with Gasteiger partial charge in [0.25, 0.3) is 5.91 Å². The lowest BCUT2D eigenvalue weighted by molar-refractivity contribution is -0.141. The minimum absolute atomic E-state index is 0.0606. The molecular formula is C13H16F3NO4. The third-order valence-corrected chi connectivity index (χ3v) is 2.66. The summed E-state index contributed by atoms with van der Waals surface area (Å²) in [5.74, 6) is -0.446. The van der Waals surface area contributed by atoms with Crippen LogP contribution in [0.5, 0.6) is 11.5 Å². The normalized spacial score (nSPS) is 11.1. The monoisotopic (exact) mass is 307 g/mol. The molecule has 5 nitrogen and oxygen atoms in total. The fourth-order valence-corrected chi connectivity index (χ4v) is 1.74. The number of aliphatic hydroxyl groups excluding tert-OH is 1. The van der Waals surface area contributed by atoms with Gasteiger partial charge in [-0.05, 0) is 18.2 Å². The van der Waals surface area contributed by atoms with Gasteiger partial charge in [-0.25, -0.2) is 0 Å². The summed E-state index contributed by atoms with van der Waals surface area (Å²) < 4.78 is 47.4. The highest BCUT2D eigenvalue weighted by Crippen LogP contribution is 2.26. The highest BCUT2D eigenvalue weighted by molar-refractivity contribution is 5.97. The number of benzene rings is 1. The first-order chi connectivity index (χ1) is 9.82. The summed E-state index contributed by atoms with van der Waals surface area (Å²) in [6, 6.07) is 4.24. The van der Waals surface area contributed by atoms with Crippen LogP contribution in [0.1, 0.15) is 10.4 Å². The smallest absolute Gasteiger partial charge is 0.406 e. The summed E-state index contributed by atoms with van der Waals surface area (Å²) in [7, 11) is 2.68. The second-order valence-electron chi connectivity index (χ2n) is 4.13. The van der Waals surface area contributed by atoms with E-state index in [-0.39, 0.29) is 11.3 Å². The molecule has 0 atom stereocenters. The average Bonchev–Trinajstić information content (AvgIpc) is 2.44. The van der Waals surface area contributed by atoms with Gasteiger partial charge in [0.2, 0.25) is 0 Å². The number of aliphatic hydroxyl groups is 1. The molecule has 1 N–H and O–H groups in total. The number of carbonyl (C=O) groups is 1. The number of nitrogens with zero attached hydrogens (tertiary/aromatic N) is 1. The van der Waals surface area contributed by atoms with Crippen LogP contribution in [0, 0.1) is 0 Å². The molecule has 0 bridgehead atoms. The number of rotatable bonds is 6. The van der Waals surface area contributed by atoms with Crippen molar-refractivity contribution in [2.45, 2.75) is 6.18 Å². The lowest BCUT2D eigenvalue weighted by atomic mass is 10.1. The van der Waals surface area contributed by atoms with Crippen molar-refractivity contribution in [1.29, 1.82) is 0 Å². The summed E-state index contributed by atoms with van der Waals surface area (Å²) >= 11 is 0. The van der Waals surface area contributed by atoms with Crippen molar-refractivity contribution < 1.29 is 32.5 Å². The maximum Gasteiger partial charge on any atom is 0.406 e. The van der Waals surface area contributed by atoms with Crippen molar-refractivity contribution >= 4 is 5.91 Å². The van der Waals surface area contributed by atoms with E-state index < -0.39 is 31.8 Å². The Morgan fingerprint density at radius 2 is 1.95 bits per heavy atom. The Labute approximate surface area is 119 Å². The van der Waals surface area contributed by atoms with Crippen LogP contribution in [-0.4, -0.2) is 56.0 Å². The van der Waals surface area contributed by atoms with E-state index >= 15 is 0 Å². The second-order valence-corrected chi connectivity index (χ2v) is 4.13. The molecule has 0 saturated carbocycles. The lowest BCUT2D eigenvalue weighted by Gasteiger charge is -2.24. The standard InChI is InChI=1S/C13H16F3NO4/c1-20-9-3-4-11(21-2)10(7-9)12(19)17(5-6-18)8-13(14,15)16/h3-4,7,18H,5-6,8H2,1-2H3. The SMILES string of the molecule is COc1ccc(OC)c(C(=O)N(CCO)CC(F)(F)F)c1. The molecule has 0 aliphatic carbocycles. The van der Waals surface area contributed by atoms with Crippen LogP contribution in [0.2, 0.25) is 0 Å². The van der Waals surface area contributed by atoms with Crippen molar-refractivity contribution in [1.82, 2.24) is 4.90 Å². The number of ether oxygens (including phenoxy) is 2. The molecule has 0 fully saturated rings. The fraction of sp³-hybridized carbons (Fsp3) is 0.462. The molecule has 0 unspecified atom stereocenters. The second kappa shape index (κ2) is 7.16. The number of hydrogen-bond acceptors (Lipinski definition) is 4. The predicted molar refractivity (Wildman–Crippen MR) is 68.6 cm³/mol. The molecule has 118 valence electrons. The van der Waals surface area contributed by atoms with E-state index in [2.05, 4.69) is 0 Å². The van der Waals surface area contributed by atoms with Gasteiger partial charge in [0.05, 0.1) is 26.4 Å². The summed E-state index contributed by atoms with van der Waals surface area (Å²) in [4.78, 5) is 12.8. The minimum atomic E-state index is -4.56. The molecule has 1 aromatic carbocycles. The third kappa shape index (κ3) is 4.82. The Kier molecular flexibility index (Phi) is 5.83. The molecule has 1 rings (SSSR count).